The fourth-order valence-corrected chi connectivity index (χ4v) is 2.45. The Kier molecular flexibility index (Phi) is 4.78. The van der Waals surface area contributed by atoms with Crippen LogP contribution in [-0.4, -0.2) is 5.11 Å². The average Bonchev–Trinajstić information content (AvgIpc) is 2.42. The molecule has 0 amide bonds. The maximum atomic E-state index is 13.3. The van der Waals surface area contributed by atoms with Gasteiger partial charge in [-0.05, 0) is 49.7 Å². The van der Waals surface area contributed by atoms with Crippen LogP contribution in [-0.2, 0) is 0 Å². The highest BCUT2D eigenvalue weighted by atomic mass is 79.9. The quantitative estimate of drug-likeness (QED) is 0.847. The highest BCUT2D eigenvalue weighted by Gasteiger charge is 2.14. The molecule has 2 rings (SSSR count). The van der Waals surface area contributed by atoms with Crippen molar-refractivity contribution in [1.82, 2.24) is 5.32 Å². The van der Waals surface area contributed by atoms with Gasteiger partial charge >= 0.3 is 0 Å². The molecular formula is C16H17BrFNO. The molecule has 2 nitrogen and oxygen atoms in total. The Morgan fingerprint density at radius 3 is 2.35 bits per heavy atom. The van der Waals surface area contributed by atoms with Crippen molar-refractivity contribution in [3.8, 4) is 5.75 Å². The van der Waals surface area contributed by atoms with Gasteiger partial charge in [-0.25, -0.2) is 4.39 Å². The minimum Gasteiger partial charge on any atom is -0.508 e. The van der Waals surface area contributed by atoms with E-state index in [0.717, 1.165) is 10.0 Å². The second kappa shape index (κ2) is 6.37. The first kappa shape index (κ1) is 15.0. The summed E-state index contributed by atoms with van der Waals surface area (Å²) >= 11 is 3.40. The molecule has 0 aliphatic carbocycles. The third-order valence-electron chi connectivity index (χ3n) is 3.33. The first-order chi connectivity index (χ1) is 9.47. The lowest BCUT2D eigenvalue weighted by atomic mass is 10.0. The largest absolute Gasteiger partial charge is 0.508 e. The number of hydrogen-bond donors (Lipinski definition) is 2. The van der Waals surface area contributed by atoms with Crippen LogP contribution < -0.4 is 5.32 Å². The van der Waals surface area contributed by atoms with Gasteiger partial charge in [-0.2, -0.15) is 0 Å². The number of aromatic hydroxyl groups is 1. The van der Waals surface area contributed by atoms with Gasteiger partial charge in [0.1, 0.15) is 11.6 Å². The summed E-state index contributed by atoms with van der Waals surface area (Å²) in [7, 11) is 0. The molecule has 2 aromatic carbocycles. The normalized spacial score (nSPS) is 14.0. The van der Waals surface area contributed by atoms with Gasteiger partial charge in [-0.15, -0.1) is 0 Å². The molecular weight excluding hydrogens is 321 g/mol. The number of phenolic OH excluding ortho intramolecular Hbond substituents is 1. The fraction of sp³-hybridized carbons (Fsp3) is 0.250. The van der Waals surface area contributed by atoms with Gasteiger partial charge in [0, 0.05) is 22.1 Å². The Bertz CT molecular complexity index is 586. The number of rotatable bonds is 4. The molecule has 0 bridgehead atoms. The van der Waals surface area contributed by atoms with E-state index in [4.69, 9.17) is 0 Å². The lowest BCUT2D eigenvalue weighted by Crippen LogP contribution is -2.22. The Labute approximate surface area is 126 Å². The predicted molar refractivity (Wildman–Crippen MR) is 82.2 cm³/mol. The molecule has 0 heterocycles. The third-order valence-corrected chi connectivity index (χ3v) is 3.85. The number of benzene rings is 2. The summed E-state index contributed by atoms with van der Waals surface area (Å²) in [5.74, 6) is -0.239. The molecule has 0 aliphatic rings. The van der Waals surface area contributed by atoms with Gasteiger partial charge in [0.2, 0.25) is 0 Å². The van der Waals surface area contributed by atoms with E-state index in [1.165, 1.54) is 18.2 Å². The Hall–Kier alpha value is -1.39. The summed E-state index contributed by atoms with van der Waals surface area (Å²) in [6.07, 6.45) is 0. The molecule has 0 saturated carbocycles. The van der Waals surface area contributed by atoms with E-state index < -0.39 is 0 Å². The van der Waals surface area contributed by atoms with Crippen LogP contribution in [0.2, 0.25) is 0 Å². The minimum atomic E-state index is -0.345. The van der Waals surface area contributed by atoms with Gasteiger partial charge in [-0.3, -0.25) is 0 Å². The summed E-state index contributed by atoms with van der Waals surface area (Å²) in [5, 5.41) is 13.2. The summed E-state index contributed by atoms with van der Waals surface area (Å²) < 4.78 is 14.3. The fourth-order valence-electron chi connectivity index (χ4n) is 2.18. The molecule has 20 heavy (non-hydrogen) atoms. The number of hydrogen-bond acceptors (Lipinski definition) is 2. The molecule has 0 aromatic heterocycles. The van der Waals surface area contributed by atoms with Crippen molar-refractivity contribution in [3.63, 3.8) is 0 Å². The van der Waals surface area contributed by atoms with E-state index in [9.17, 15) is 9.50 Å². The molecule has 2 atom stereocenters. The first-order valence-corrected chi connectivity index (χ1v) is 7.26. The molecule has 0 spiro atoms. The summed E-state index contributed by atoms with van der Waals surface area (Å²) in [6, 6.07) is 12.0. The molecule has 4 heteroatoms. The predicted octanol–water partition coefficient (Wildman–Crippen LogP) is 4.71. The second-order valence-electron chi connectivity index (χ2n) is 4.86. The van der Waals surface area contributed by atoms with Crippen LogP contribution in [0.5, 0.6) is 5.75 Å². The monoisotopic (exact) mass is 337 g/mol. The zero-order valence-electron chi connectivity index (χ0n) is 11.4. The van der Waals surface area contributed by atoms with Crippen LogP contribution in [0.4, 0.5) is 4.39 Å². The Balaban J connectivity index is 2.12. The third kappa shape index (κ3) is 3.58. The topological polar surface area (TPSA) is 32.3 Å². The lowest BCUT2D eigenvalue weighted by Gasteiger charge is -2.21. The maximum Gasteiger partial charge on any atom is 0.123 e. The molecule has 106 valence electrons. The highest BCUT2D eigenvalue weighted by molar-refractivity contribution is 9.10. The van der Waals surface area contributed by atoms with Gasteiger partial charge in [0.05, 0.1) is 0 Å². The van der Waals surface area contributed by atoms with Crippen LogP contribution in [0.15, 0.2) is 46.9 Å². The molecule has 0 saturated heterocycles. The van der Waals surface area contributed by atoms with E-state index in [1.54, 1.807) is 0 Å². The first-order valence-electron chi connectivity index (χ1n) is 6.47. The molecule has 0 aliphatic heterocycles. The smallest absolute Gasteiger partial charge is 0.123 e. The molecule has 1 unspecified atom stereocenters. The average molecular weight is 338 g/mol. The summed E-state index contributed by atoms with van der Waals surface area (Å²) in [5.41, 5.74) is 1.70. The summed E-state index contributed by atoms with van der Waals surface area (Å²) in [6.45, 7) is 3.94. The minimum absolute atomic E-state index is 0.0979. The molecule has 2 N–H and O–H groups in total. The van der Waals surface area contributed by atoms with Crippen molar-refractivity contribution < 1.29 is 9.50 Å². The highest BCUT2D eigenvalue weighted by Crippen LogP contribution is 2.27. The van der Waals surface area contributed by atoms with Crippen LogP contribution in [0.25, 0.3) is 0 Å². The molecule has 2 aromatic rings. The van der Waals surface area contributed by atoms with Gasteiger partial charge in [-0.1, -0.05) is 28.1 Å². The van der Waals surface area contributed by atoms with Crippen LogP contribution >= 0.6 is 15.9 Å². The number of nitrogens with one attached hydrogen (secondary N) is 1. The van der Waals surface area contributed by atoms with Crippen molar-refractivity contribution in [3.05, 3.63) is 63.9 Å². The van der Waals surface area contributed by atoms with E-state index >= 15 is 0 Å². The number of phenols is 1. The van der Waals surface area contributed by atoms with E-state index in [1.807, 2.05) is 38.1 Å². The maximum absolute atomic E-state index is 13.3. The molecule has 0 fully saturated rings. The van der Waals surface area contributed by atoms with Crippen molar-refractivity contribution in [2.75, 3.05) is 0 Å². The lowest BCUT2D eigenvalue weighted by molar-refractivity contribution is 0.435. The zero-order chi connectivity index (χ0) is 14.7. The molecule has 0 radical (unpaired) electrons. The second-order valence-corrected chi connectivity index (χ2v) is 5.78. The Morgan fingerprint density at radius 1 is 1.05 bits per heavy atom. The van der Waals surface area contributed by atoms with Gasteiger partial charge in [0.15, 0.2) is 0 Å². The van der Waals surface area contributed by atoms with Gasteiger partial charge in [0.25, 0.3) is 0 Å². The van der Waals surface area contributed by atoms with Crippen LogP contribution in [0.1, 0.15) is 37.1 Å². The summed E-state index contributed by atoms with van der Waals surface area (Å²) in [4.78, 5) is 0. The van der Waals surface area contributed by atoms with Crippen molar-refractivity contribution in [2.45, 2.75) is 25.9 Å². The van der Waals surface area contributed by atoms with Crippen molar-refractivity contribution >= 4 is 15.9 Å². The number of halogens is 2. The van der Waals surface area contributed by atoms with E-state index in [2.05, 4.69) is 21.2 Å². The van der Waals surface area contributed by atoms with Crippen molar-refractivity contribution in [1.29, 1.82) is 0 Å². The van der Waals surface area contributed by atoms with E-state index in [0.29, 0.717) is 5.56 Å². The SMILES string of the molecule is CC(N[C@H](C)c1ccc(Br)cc1)c1cc(F)ccc1O. The standard InChI is InChI=1S/C16H17BrFNO/c1-10(12-3-5-13(17)6-4-12)19-11(2)15-9-14(18)7-8-16(15)20/h3-11,19-20H,1-2H3/t10-,11?/m1/s1. The van der Waals surface area contributed by atoms with Crippen LogP contribution in [0.3, 0.4) is 0 Å². The zero-order valence-corrected chi connectivity index (χ0v) is 13.0. The van der Waals surface area contributed by atoms with Crippen molar-refractivity contribution in [2.24, 2.45) is 0 Å². The van der Waals surface area contributed by atoms with E-state index in [-0.39, 0.29) is 23.7 Å². The Morgan fingerprint density at radius 2 is 1.70 bits per heavy atom. The van der Waals surface area contributed by atoms with Crippen LogP contribution in [0, 0.1) is 5.82 Å². The van der Waals surface area contributed by atoms with Gasteiger partial charge < -0.3 is 10.4 Å².